The van der Waals surface area contributed by atoms with Crippen LogP contribution in [0.4, 0.5) is 0 Å². The van der Waals surface area contributed by atoms with Gasteiger partial charge in [0.25, 0.3) is 0 Å². The molecule has 0 aromatic rings. The first kappa shape index (κ1) is 18.3. The molecule has 4 fully saturated rings. The Labute approximate surface area is 154 Å². The zero-order valence-corrected chi connectivity index (χ0v) is 16.9. The molecule has 0 amide bonds. The lowest BCUT2D eigenvalue weighted by Gasteiger charge is -2.62. The normalized spacial score (nSPS) is 56.6. The molecule has 4 aliphatic rings. The summed E-state index contributed by atoms with van der Waals surface area (Å²) >= 11 is 0. The van der Waals surface area contributed by atoms with Gasteiger partial charge in [0.2, 0.25) is 0 Å². The summed E-state index contributed by atoms with van der Waals surface area (Å²) in [6, 6.07) is 0. The van der Waals surface area contributed by atoms with E-state index in [9.17, 15) is 10.2 Å². The van der Waals surface area contributed by atoms with Crippen molar-refractivity contribution in [1.29, 1.82) is 0 Å². The van der Waals surface area contributed by atoms with Gasteiger partial charge in [0.1, 0.15) is 0 Å². The minimum atomic E-state index is -0.123. The topological polar surface area (TPSA) is 40.5 Å². The van der Waals surface area contributed by atoms with Crippen molar-refractivity contribution in [3.63, 3.8) is 0 Å². The Morgan fingerprint density at radius 2 is 1.72 bits per heavy atom. The lowest BCUT2D eigenvalue weighted by atomic mass is 9.43. The Kier molecular flexibility index (Phi) is 4.56. The highest BCUT2D eigenvalue weighted by Crippen LogP contribution is 2.68. The number of rotatable bonds is 2. The molecule has 4 rings (SSSR count). The second kappa shape index (κ2) is 6.23. The lowest BCUT2D eigenvalue weighted by molar-refractivity contribution is -0.174. The first-order valence-electron chi connectivity index (χ1n) is 11.2. The van der Waals surface area contributed by atoms with E-state index in [0.29, 0.717) is 23.2 Å². The minimum absolute atomic E-state index is 0.0744. The van der Waals surface area contributed by atoms with E-state index in [-0.39, 0.29) is 17.6 Å². The Bertz CT molecular complexity index is 504. The average Bonchev–Trinajstić information content (AvgIpc) is 2.95. The third kappa shape index (κ3) is 2.49. The summed E-state index contributed by atoms with van der Waals surface area (Å²) in [7, 11) is 0. The van der Waals surface area contributed by atoms with Gasteiger partial charge in [0, 0.05) is 0 Å². The summed E-state index contributed by atoms with van der Waals surface area (Å²) in [6.07, 6.45) is 10.5. The second-order valence-corrected chi connectivity index (χ2v) is 10.8. The van der Waals surface area contributed by atoms with Gasteiger partial charge in [0.15, 0.2) is 0 Å². The highest BCUT2D eigenvalue weighted by molar-refractivity contribution is 5.12. The van der Waals surface area contributed by atoms with E-state index in [1.54, 1.807) is 0 Å². The number of fused-ring (bicyclic) bond motifs is 5. The van der Waals surface area contributed by atoms with Crippen LogP contribution in [0.5, 0.6) is 0 Å². The Balaban J connectivity index is 1.64. The molecule has 4 aliphatic carbocycles. The number of aliphatic hydroxyl groups excluding tert-OH is 2. The summed E-state index contributed by atoms with van der Waals surface area (Å²) in [5, 5.41) is 21.6. The van der Waals surface area contributed by atoms with E-state index >= 15 is 0 Å². The van der Waals surface area contributed by atoms with Crippen molar-refractivity contribution in [2.24, 2.45) is 46.3 Å². The van der Waals surface area contributed by atoms with Crippen molar-refractivity contribution >= 4 is 0 Å². The number of hydrogen-bond donors (Lipinski definition) is 2. The van der Waals surface area contributed by atoms with Gasteiger partial charge in [-0.05, 0) is 97.7 Å². The molecule has 2 N–H and O–H groups in total. The molecule has 0 saturated heterocycles. The SMILES string of the molecule is CC[C@@H](C)[C@H]1CCC2C3CC[C@@H]4C[C@H](O)CC[C@]4(C)C3C[C@H](O)[C@@]21C. The molecule has 0 spiro atoms. The van der Waals surface area contributed by atoms with Crippen molar-refractivity contribution < 1.29 is 10.2 Å². The van der Waals surface area contributed by atoms with Gasteiger partial charge in [-0.2, -0.15) is 0 Å². The van der Waals surface area contributed by atoms with Gasteiger partial charge in [-0.1, -0.05) is 34.1 Å². The maximum atomic E-state index is 11.4. The quantitative estimate of drug-likeness (QED) is 0.735. The Morgan fingerprint density at radius 3 is 2.44 bits per heavy atom. The molecule has 0 aromatic heterocycles. The summed E-state index contributed by atoms with van der Waals surface area (Å²) in [4.78, 5) is 0. The zero-order valence-electron chi connectivity index (χ0n) is 16.9. The van der Waals surface area contributed by atoms with Gasteiger partial charge in [-0.3, -0.25) is 0 Å². The van der Waals surface area contributed by atoms with E-state index in [1.165, 1.54) is 38.5 Å². The van der Waals surface area contributed by atoms with Gasteiger partial charge in [0.05, 0.1) is 12.2 Å². The van der Waals surface area contributed by atoms with E-state index in [2.05, 4.69) is 27.7 Å². The van der Waals surface area contributed by atoms with Crippen LogP contribution in [-0.4, -0.2) is 22.4 Å². The van der Waals surface area contributed by atoms with Crippen LogP contribution in [0, 0.1) is 46.3 Å². The van der Waals surface area contributed by atoms with Crippen LogP contribution >= 0.6 is 0 Å². The fraction of sp³-hybridized carbons (Fsp3) is 1.00. The average molecular weight is 349 g/mol. The maximum Gasteiger partial charge on any atom is 0.0602 e. The summed E-state index contributed by atoms with van der Waals surface area (Å²) in [6.45, 7) is 9.69. The van der Waals surface area contributed by atoms with Gasteiger partial charge in [-0.25, -0.2) is 0 Å². The number of hydrogen-bond acceptors (Lipinski definition) is 2. The first-order valence-corrected chi connectivity index (χ1v) is 11.2. The zero-order chi connectivity index (χ0) is 18.0. The predicted octanol–water partition coefficient (Wildman–Crippen LogP) is 5.02. The summed E-state index contributed by atoms with van der Waals surface area (Å²) in [5.74, 6) is 4.35. The van der Waals surface area contributed by atoms with Crippen LogP contribution in [-0.2, 0) is 0 Å². The molecular weight excluding hydrogens is 308 g/mol. The monoisotopic (exact) mass is 348 g/mol. The van der Waals surface area contributed by atoms with Crippen molar-refractivity contribution in [2.75, 3.05) is 0 Å². The smallest absolute Gasteiger partial charge is 0.0602 e. The van der Waals surface area contributed by atoms with Crippen LogP contribution in [0.3, 0.4) is 0 Å². The molecular formula is C23H40O2. The van der Waals surface area contributed by atoms with Gasteiger partial charge >= 0.3 is 0 Å². The van der Waals surface area contributed by atoms with E-state index in [0.717, 1.165) is 37.0 Å². The third-order valence-electron chi connectivity index (χ3n) is 10.1. The third-order valence-corrected chi connectivity index (χ3v) is 10.1. The van der Waals surface area contributed by atoms with Crippen LogP contribution in [0.25, 0.3) is 0 Å². The molecule has 0 heterocycles. The molecule has 2 heteroatoms. The largest absolute Gasteiger partial charge is 0.393 e. The standard InChI is InChI=1S/C23H40O2/c1-5-14(2)18-8-9-19-17-7-6-15-12-16(24)10-11-22(15,3)20(17)13-21(25)23(18,19)4/h14-21,24-25H,5-13H2,1-4H3/t14-,15-,16-,17?,18-,19?,20?,21+,22+,23-/m1/s1. The highest BCUT2D eigenvalue weighted by atomic mass is 16.3. The molecule has 25 heavy (non-hydrogen) atoms. The highest BCUT2D eigenvalue weighted by Gasteiger charge is 2.63. The predicted molar refractivity (Wildman–Crippen MR) is 102 cm³/mol. The molecule has 3 unspecified atom stereocenters. The molecule has 4 saturated carbocycles. The van der Waals surface area contributed by atoms with Gasteiger partial charge in [-0.15, -0.1) is 0 Å². The molecule has 10 atom stereocenters. The van der Waals surface area contributed by atoms with E-state index < -0.39 is 0 Å². The van der Waals surface area contributed by atoms with Crippen molar-refractivity contribution in [3.05, 3.63) is 0 Å². The van der Waals surface area contributed by atoms with Crippen LogP contribution in [0.2, 0.25) is 0 Å². The maximum absolute atomic E-state index is 11.4. The van der Waals surface area contributed by atoms with Crippen LogP contribution in [0.15, 0.2) is 0 Å². The fourth-order valence-corrected chi connectivity index (χ4v) is 8.44. The van der Waals surface area contributed by atoms with Crippen molar-refractivity contribution in [2.45, 2.75) is 97.7 Å². The fourth-order valence-electron chi connectivity index (χ4n) is 8.44. The van der Waals surface area contributed by atoms with Crippen LogP contribution < -0.4 is 0 Å². The van der Waals surface area contributed by atoms with Gasteiger partial charge < -0.3 is 10.2 Å². The molecule has 144 valence electrons. The lowest BCUT2D eigenvalue weighted by Crippen LogP contribution is -2.58. The number of aliphatic hydroxyl groups is 2. The van der Waals surface area contributed by atoms with E-state index in [4.69, 9.17) is 0 Å². The van der Waals surface area contributed by atoms with Crippen molar-refractivity contribution in [3.8, 4) is 0 Å². The minimum Gasteiger partial charge on any atom is -0.393 e. The van der Waals surface area contributed by atoms with E-state index in [1.807, 2.05) is 0 Å². The molecule has 0 aliphatic heterocycles. The molecule has 0 bridgehead atoms. The first-order chi connectivity index (χ1) is 11.8. The summed E-state index contributed by atoms with van der Waals surface area (Å²) < 4.78 is 0. The second-order valence-electron chi connectivity index (χ2n) is 10.8. The Hall–Kier alpha value is -0.0800. The molecule has 0 aromatic carbocycles. The van der Waals surface area contributed by atoms with Crippen LogP contribution in [0.1, 0.15) is 85.5 Å². The molecule has 0 radical (unpaired) electrons. The Morgan fingerprint density at radius 1 is 0.960 bits per heavy atom. The molecule has 2 nitrogen and oxygen atoms in total. The van der Waals surface area contributed by atoms with Crippen molar-refractivity contribution in [1.82, 2.24) is 0 Å². The summed E-state index contributed by atoms with van der Waals surface area (Å²) in [5.41, 5.74) is 0.507.